The Labute approximate surface area is 139 Å². The number of rotatable bonds is 6. The molecule has 2 rings (SSSR count). The Morgan fingerprint density at radius 3 is 2.55 bits per heavy atom. The average molecular weight is 323 g/mol. The molecule has 1 aromatic rings. The number of hydrogen-bond acceptors (Lipinski definition) is 3. The lowest BCUT2D eigenvalue weighted by Gasteiger charge is -2.33. The fourth-order valence-corrected chi connectivity index (χ4v) is 3.33. The van der Waals surface area contributed by atoms with Gasteiger partial charge in [0, 0.05) is 23.0 Å². The molecule has 0 bridgehead atoms. The molecule has 1 aliphatic carbocycles. The molecule has 124 valence electrons. The van der Waals surface area contributed by atoms with Gasteiger partial charge in [-0.25, -0.2) is 0 Å². The number of nitrogens with one attached hydrogen (secondary N) is 1. The molecule has 0 aliphatic heterocycles. The number of carbonyl (C=O) groups excluding carboxylic acids is 1. The third kappa shape index (κ3) is 4.75. The van der Waals surface area contributed by atoms with Crippen LogP contribution in [0.3, 0.4) is 0 Å². The monoisotopic (exact) mass is 322 g/mol. The maximum atomic E-state index is 12.4. The van der Waals surface area contributed by atoms with Crippen molar-refractivity contribution >= 4 is 17.7 Å². The Morgan fingerprint density at radius 1 is 1.41 bits per heavy atom. The van der Waals surface area contributed by atoms with Crippen LogP contribution in [0.5, 0.6) is 0 Å². The summed E-state index contributed by atoms with van der Waals surface area (Å²) in [5, 5.41) is 3.10. The minimum Gasteiger partial charge on any atom is -0.348 e. The summed E-state index contributed by atoms with van der Waals surface area (Å²) in [7, 11) is 0. The van der Waals surface area contributed by atoms with Gasteiger partial charge in [-0.1, -0.05) is 27.2 Å². The van der Waals surface area contributed by atoms with Gasteiger partial charge < -0.3 is 11.1 Å². The molecule has 0 saturated heterocycles. The molecule has 22 heavy (non-hydrogen) atoms. The van der Waals surface area contributed by atoms with Gasteiger partial charge in [0.25, 0.3) is 5.91 Å². The number of aryl methyl sites for hydroxylation is 1. The molecule has 0 aromatic heterocycles. The summed E-state index contributed by atoms with van der Waals surface area (Å²) in [4.78, 5) is 13.6. The maximum absolute atomic E-state index is 12.4. The van der Waals surface area contributed by atoms with Crippen LogP contribution in [-0.4, -0.2) is 24.7 Å². The number of thioether (sulfide) groups is 1. The Kier molecular flexibility index (Phi) is 8.57. The summed E-state index contributed by atoms with van der Waals surface area (Å²) in [6.07, 6.45) is 6.65. The number of amides is 1. The lowest BCUT2D eigenvalue weighted by Crippen LogP contribution is -2.47. The standard InChI is InChI=1S/C16H24N2OS.C2H6/c1-3-11-9-13(7-8-15(11)20-2)16(19)18-14(10-17)12-5-4-6-12;1-2/h7-9,12,14H,3-6,10,17H2,1-2H3,(H,18,19);1-2H3. The zero-order valence-corrected chi connectivity index (χ0v) is 15.1. The number of hydrogen-bond donors (Lipinski definition) is 2. The zero-order valence-electron chi connectivity index (χ0n) is 14.3. The van der Waals surface area contributed by atoms with Gasteiger partial charge in [-0.2, -0.15) is 0 Å². The van der Waals surface area contributed by atoms with Crippen molar-refractivity contribution in [3.8, 4) is 0 Å². The Morgan fingerprint density at radius 2 is 2.09 bits per heavy atom. The Bertz CT molecular complexity index is 472. The smallest absolute Gasteiger partial charge is 0.251 e. The third-order valence-corrected chi connectivity index (χ3v) is 5.05. The molecule has 1 fully saturated rings. The van der Waals surface area contributed by atoms with Crippen molar-refractivity contribution in [1.82, 2.24) is 5.32 Å². The number of nitrogens with two attached hydrogens (primary N) is 1. The summed E-state index contributed by atoms with van der Waals surface area (Å²) < 4.78 is 0. The van der Waals surface area contributed by atoms with E-state index in [0.29, 0.717) is 12.5 Å². The van der Waals surface area contributed by atoms with Crippen LogP contribution in [0.15, 0.2) is 23.1 Å². The van der Waals surface area contributed by atoms with Crippen molar-refractivity contribution in [2.45, 2.75) is 57.4 Å². The zero-order chi connectivity index (χ0) is 16.5. The highest BCUT2D eigenvalue weighted by Crippen LogP contribution is 2.29. The molecule has 0 heterocycles. The SMILES string of the molecule is CC.CCc1cc(C(=O)NC(CN)C2CCC2)ccc1SC. The fourth-order valence-electron chi connectivity index (χ4n) is 2.66. The summed E-state index contributed by atoms with van der Waals surface area (Å²) in [6.45, 7) is 6.65. The van der Waals surface area contributed by atoms with Gasteiger partial charge in [-0.3, -0.25) is 4.79 Å². The third-order valence-electron chi connectivity index (χ3n) is 4.21. The van der Waals surface area contributed by atoms with E-state index in [1.165, 1.54) is 29.7 Å². The molecular formula is C18H30N2OS. The molecule has 3 nitrogen and oxygen atoms in total. The molecular weight excluding hydrogens is 292 g/mol. The first-order chi connectivity index (χ1) is 10.7. The second-order valence-corrected chi connectivity index (χ2v) is 6.23. The molecule has 4 heteroatoms. The second kappa shape index (κ2) is 9.90. The quantitative estimate of drug-likeness (QED) is 0.782. The minimum absolute atomic E-state index is 0.00898. The van der Waals surface area contributed by atoms with Crippen molar-refractivity contribution in [2.75, 3.05) is 12.8 Å². The molecule has 1 aliphatic rings. The van der Waals surface area contributed by atoms with E-state index in [9.17, 15) is 4.79 Å². The summed E-state index contributed by atoms with van der Waals surface area (Å²) >= 11 is 1.72. The molecule has 0 radical (unpaired) electrons. The van der Waals surface area contributed by atoms with Crippen LogP contribution < -0.4 is 11.1 Å². The lowest BCUT2D eigenvalue weighted by atomic mass is 9.79. The minimum atomic E-state index is 0.00898. The Hall–Kier alpha value is -1.000. The highest BCUT2D eigenvalue weighted by atomic mass is 32.2. The molecule has 1 amide bonds. The summed E-state index contributed by atoms with van der Waals surface area (Å²) in [6, 6.07) is 6.09. The van der Waals surface area contributed by atoms with Crippen molar-refractivity contribution < 1.29 is 4.79 Å². The molecule has 0 spiro atoms. The van der Waals surface area contributed by atoms with E-state index in [1.54, 1.807) is 11.8 Å². The van der Waals surface area contributed by atoms with Crippen LogP contribution in [0.2, 0.25) is 0 Å². The van der Waals surface area contributed by atoms with Crippen molar-refractivity contribution in [3.05, 3.63) is 29.3 Å². The molecule has 1 unspecified atom stereocenters. The van der Waals surface area contributed by atoms with E-state index in [2.05, 4.69) is 18.5 Å². The van der Waals surface area contributed by atoms with E-state index < -0.39 is 0 Å². The van der Waals surface area contributed by atoms with Gasteiger partial charge >= 0.3 is 0 Å². The van der Waals surface area contributed by atoms with Crippen LogP contribution in [0.25, 0.3) is 0 Å². The summed E-state index contributed by atoms with van der Waals surface area (Å²) in [5.41, 5.74) is 7.78. The van der Waals surface area contributed by atoms with E-state index in [1.807, 2.05) is 32.0 Å². The number of carbonyl (C=O) groups is 1. The van der Waals surface area contributed by atoms with Crippen molar-refractivity contribution in [1.29, 1.82) is 0 Å². The van der Waals surface area contributed by atoms with Gasteiger partial charge in [0.05, 0.1) is 0 Å². The first-order valence-corrected chi connectivity index (χ1v) is 9.59. The molecule has 1 atom stereocenters. The van der Waals surface area contributed by atoms with Crippen LogP contribution in [-0.2, 0) is 6.42 Å². The van der Waals surface area contributed by atoms with E-state index in [4.69, 9.17) is 5.73 Å². The lowest BCUT2D eigenvalue weighted by molar-refractivity contribution is 0.0904. The van der Waals surface area contributed by atoms with Crippen LogP contribution in [0.4, 0.5) is 0 Å². The van der Waals surface area contributed by atoms with Crippen LogP contribution in [0.1, 0.15) is 56.0 Å². The van der Waals surface area contributed by atoms with E-state index >= 15 is 0 Å². The number of benzene rings is 1. The van der Waals surface area contributed by atoms with Crippen LogP contribution >= 0.6 is 11.8 Å². The first kappa shape index (κ1) is 19.0. The van der Waals surface area contributed by atoms with Gasteiger partial charge in [0.2, 0.25) is 0 Å². The highest BCUT2D eigenvalue weighted by Gasteiger charge is 2.27. The second-order valence-electron chi connectivity index (χ2n) is 5.39. The normalized spacial score (nSPS) is 15.3. The first-order valence-electron chi connectivity index (χ1n) is 8.37. The van der Waals surface area contributed by atoms with Gasteiger partial charge in [0.1, 0.15) is 0 Å². The van der Waals surface area contributed by atoms with E-state index in [-0.39, 0.29) is 11.9 Å². The Balaban J connectivity index is 0.00000116. The largest absolute Gasteiger partial charge is 0.348 e. The predicted molar refractivity (Wildman–Crippen MR) is 96.6 cm³/mol. The van der Waals surface area contributed by atoms with Crippen molar-refractivity contribution in [2.24, 2.45) is 11.7 Å². The maximum Gasteiger partial charge on any atom is 0.251 e. The van der Waals surface area contributed by atoms with Gasteiger partial charge in [-0.15, -0.1) is 11.8 Å². The highest BCUT2D eigenvalue weighted by molar-refractivity contribution is 7.98. The van der Waals surface area contributed by atoms with Crippen LogP contribution in [0, 0.1) is 5.92 Å². The summed E-state index contributed by atoms with van der Waals surface area (Å²) in [5.74, 6) is 0.578. The topological polar surface area (TPSA) is 55.1 Å². The molecule has 1 saturated carbocycles. The molecule has 3 N–H and O–H groups in total. The average Bonchev–Trinajstić information content (AvgIpc) is 2.53. The van der Waals surface area contributed by atoms with Crippen molar-refractivity contribution in [3.63, 3.8) is 0 Å². The fraction of sp³-hybridized carbons (Fsp3) is 0.611. The van der Waals surface area contributed by atoms with E-state index in [0.717, 1.165) is 12.0 Å². The van der Waals surface area contributed by atoms with Gasteiger partial charge in [0.15, 0.2) is 0 Å². The molecule has 1 aromatic carbocycles. The predicted octanol–water partition coefficient (Wildman–Crippen LogP) is 3.85. The van der Waals surface area contributed by atoms with Gasteiger partial charge in [-0.05, 0) is 55.2 Å².